The van der Waals surface area contributed by atoms with Crippen molar-refractivity contribution in [3.63, 3.8) is 0 Å². The SMILES string of the molecule is CNC(C)(C)C(=O)N1CC(C(=O)O)C1. The minimum absolute atomic E-state index is 0.0440. The van der Waals surface area contributed by atoms with E-state index in [1.165, 1.54) is 0 Å². The van der Waals surface area contributed by atoms with E-state index in [0.29, 0.717) is 13.1 Å². The van der Waals surface area contributed by atoms with Crippen molar-refractivity contribution in [1.29, 1.82) is 0 Å². The topological polar surface area (TPSA) is 69.6 Å². The van der Waals surface area contributed by atoms with E-state index in [0.717, 1.165) is 0 Å². The number of rotatable bonds is 3. The highest BCUT2D eigenvalue weighted by molar-refractivity contribution is 5.87. The molecule has 0 aromatic carbocycles. The Balaban J connectivity index is 2.48. The molecule has 0 aromatic rings. The molecule has 0 aromatic heterocycles. The number of likely N-dealkylation sites (N-methyl/N-ethyl adjacent to an activating group) is 1. The largest absolute Gasteiger partial charge is 0.481 e. The summed E-state index contributed by atoms with van der Waals surface area (Å²) in [5.41, 5.74) is -0.608. The van der Waals surface area contributed by atoms with Crippen molar-refractivity contribution < 1.29 is 14.7 Å². The average molecular weight is 200 g/mol. The Morgan fingerprint density at radius 2 is 1.93 bits per heavy atom. The van der Waals surface area contributed by atoms with Gasteiger partial charge >= 0.3 is 5.97 Å². The molecular formula is C9H16N2O3. The van der Waals surface area contributed by atoms with Crippen LogP contribution in [0, 0.1) is 5.92 Å². The van der Waals surface area contributed by atoms with Crippen LogP contribution in [0.4, 0.5) is 0 Å². The number of carboxylic acids is 1. The van der Waals surface area contributed by atoms with Crippen LogP contribution >= 0.6 is 0 Å². The van der Waals surface area contributed by atoms with Gasteiger partial charge in [0.25, 0.3) is 0 Å². The molecular weight excluding hydrogens is 184 g/mol. The zero-order chi connectivity index (χ0) is 10.9. The maximum absolute atomic E-state index is 11.7. The van der Waals surface area contributed by atoms with Gasteiger partial charge in [0, 0.05) is 13.1 Å². The molecule has 1 aliphatic rings. The van der Waals surface area contributed by atoms with Crippen LogP contribution in [-0.4, -0.2) is 47.6 Å². The van der Waals surface area contributed by atoms with Crippen molar-refractivity contribution in [2.45, 2.75) is 19.4 Å². The number of aliphatic carboxylic acids is 1. The zero-order valence-electron chi connectivity index (χ0n) is 8.70. The lowest BCUT2D eigenvalue weighted by Gasteiger charge is -2.41. The maximum Gasteiger partial charge on any atom is 0.310 e. The van der Waals surface area contributed by atoms with Crippen molar-refractivity contribution in [3.8, 4) is 0 Å². The fourth-order valence-electron chi connectivity index (χ4n) is 1.30. The molecule has 1 fully saturated rings. The van der Waals surface area contributed by atoms with Crippen LogP contribution in [0.1, 0.15) is 13.8 Å². The number of amides is 1. The Labute approximate surface area is 83.1 Å². The smallest absolute Gasteiger partial charge is 0.310 e. The van der Waals surface area contributed by atoms with Gasteiger partial charge in [-0.25, -0.2) is 0 Å². The quantitative estimate of drug-likeness (QED) is 0.646. The molecule has 0 radical (unpaired) electrons. The maximum atomic E-state index is 11.7. The van der Waals surface area contributed by atoms with Gasteiger partial charge in [0.05, 0.1) is 11.5 Å². The van der Waals surface area contributed by atoms with Crippen molar-refractivity contribution in [1.82, 2.24) is 10.2 Å². The Morgan fingerprint density at radius 1 is 1.43 bits per heavy atom. The summed E-state index contributed by atoms with van der Waals surface area (Å²) in [6.07, 6.45) is 0. The molecule has 80 valence electrons. The van der Waals surface area contributed by atoms with Crippen molar-refractivity contribution in [2.75, 3.05) is 20.1 Å². The van der Waals surface area contributed by atoms with Crippen LogP contribution in [0.25, 0.3) is 0 Å². The molecule has 1 heterocycles. The standard InChI is InChI=1S/C9H16N2O3/c1-9(2,10-3)8(14)11-4-6(5-11)7(12)13/h6,10H,4-5H2,1-3H3,(H,12,13). The fourth-order valence-corrected chi connectivity index (χ4v) is 1.30. The third kappa shape index (κ3) is 1.87. The van der Waals surface area contributed by atoms with E-state index >= 15 is 0 Å². The van der Waals surface area contributed by atoms with Gasteiger partial charge in [-0.2, -0.15) is 0 Å². The summed E-state index contributed by atoms with van der Waals surface area (Å²) in [5.74, 6) is -1.25. The summed E-state index contributed by atoms with van der Waals surface area (Å²) in [7, 11) is 1.71. The number of hydrogen-bond acceptors (Lipinski definition) is 3. The molecule has 1 aliphatic heterocycles. The number of likely N-dealkylation sites (tertiary alicyclic amines) is 1. The van der Waals surface area contributed by atoms with Gasteiger partial charge in [0.1, 0.15) is 0 Å². The van der Waals surface area contributed by atoms with Gasteiger partial charge in [0.2, 0.25) is 5.91 Å². The van der Waals surface area contributed by atoms with E-state index in [-0.39, 0.29) is 11.8 Å². The van der Waals surface area contributed by atoms with Crippen LogP contribution < -0.4 is 5.32 Å². The lowest BCUT2D eigenvalue weighted by Crippen LogP contribution is -2.61. The Hall–Kier alpha value is -1.10. The Bertz CT molecular complexity index is 257. The molecule has 1 amide bonds. The Morgan fingerprint density at radius 3 is 2.29 bits per heavy atom. The predicted octanol–water partition coefficient (Wildman–Crippen LogP) is -0.473. The van der Waals surface area contributed by atoms with Gasteiger partial charge in [0.15, 0.2) is 0 Å². The number of nitrogens with one attached hydrogen (secondary N) is 1. The first kappa shape index (κ1) is 11.0. The van der Waals surface area contributed by atoms with Crippen LogP contribution in [0.5, 0.6) is 0 Å². The van der Waals surface area contributed by atoms with Gasteiger partial charge in [-0.15, -0.1) is 0 Å². The van der Waals surface area contributed by atoms with Crippen LogP contribution in [0.3, 0.4) is 0 Å². The van der Waals surface area contributed by atoms with Gasteiger partial charge in [-0.05, 0) is 20.9 Å². The molecule has 5 heteroatoms. The number of hydrogen-bond donors (Lipinski definition) is 2. The summed E-state index contributed by atoms with van der Waals surface area (Å²) in [4.78, 5) is 23.8. The van der Waals surface area contributed by atoms with Crippen LogP contribution in [-0.2, 0) is 9.59 Å². The third-order valence-corrected chi connectivity index (χ3v) is 2.68. The predicted molar refractivity (Wildman–Crippen MR) is 50.8 cm³/mol. The van der Waals surface area contributed by atoms with Crippen LogP contribution in [0.15, 0.2) is 0 Å². The molecule has 0 unspecified atom stereocenters. The number of nitrogens with zero attached hydrogens (tertiary/aromatic N) is 1. The van der Waals surface area contributed by atoms with Gasteiger partial charge < -0.3 is 15.3 Å². The van der Waals surface area contributed by atoms with E-state index < -0.39 is 11.5 Å². The van der Waals surface area contributed by atoms with E-state index in [4.69, 9.17) is 5.11 Å². The minimum atomic E-state index is -0.823. The summed E-state index contributed by atoms with van der Waals surface area (Å²) >= 11 is 0. The molecule has 1 saturated heterocycles. The molecule has 2 N–H and O–H groups in total. The number of carboxylic acid groups (broad SMARTS) is 1. The van der Waals surface area contributed by atoms with Crippen LogP contribution in [0.2, 0.25) is 0 Å². The average Bonchev–Trinajstić information content (AvgIpc) is 2.00. The molecule has 1 rings (SSSR count). The van der Waals surface area contributed by atoms with Crippen molar-refractivity contribution in [3.05, 3.63) is 0 Å². The second-order valence-electron chi connectivity index (χ2n) is 4.12. The highest BCUT2D eigenvalue weighted by Gasteiger charge is 2.40. The first-order chi connectivity index (χ1) is 6.38. The zero-order valence-corrected chi connectivity index (χ0v) is 8.70. The molecule has 0 saturated carbocycles. The minimum Gasteiger partial charge on any atom is -0.481 e. The lowest BCUT2D eigenvalue weighted by molar-refractivity contribution is -0.155. The molecule has 5 nitrogen and oxygen atoms in total. The normalized spacial score (nSPS) is 17.8. The van der Waals surface area contributed by atoms with Crippen molar-refractivity contribution in [2.24, 2.45) is 5.92 Å². The molecule has 14 heavy (non-hydrogen) atoms. The van der Waals surface area contributed by atoms with E-state index in [2.05, 4.69) is 5.32 Å². The third-order valence-electron chi connectivity index (χ3n) is 2.68. The summed E-state index contributed by atoms with van der Waals surface area (Å²) in [6.45, 7) is 4.23. The van der Waals surface area contributed by atoms with E-state index in [9.17, 15) is 9.59 Å². The molecule has 0 aliphatic carbocycles. The highest BCUT2D eigenvalue weighted by atomic mass is 16.4. The highest BCUT2D eigenvalue weighted by Crippen LogP contribution is 2.19. The monoisotopic (exact) mass is 200 g/mol. The molecule has 0 bridgehead atoms. The number of carbonyl (C=O) groups is 2. The van der Waals surface area contributed by atoms with E-state index in [1.807, 2.05) is 0 Å². The van der Waals surface area contributed by atoms with Gasteiger partial charge in [-0.1, -0.05) is 0 Å². The summed E-state index contributed by atoms with van der Waals surface area (Å²) in [5, 5.41) is 11.5. The van der Waals surface area contributed by atoms with Crippen molar-refractivity contribution >= 4 is 11.9 Å². The van der Waals surface area contributed by atoms with Gasteiger partial charge in [-0.3, -0.25) is 9.59 Å². The summed E-state index contributed by atoms with van der Waals surface area (Å²) < 4.78 is 0. The molecule has 0 spiro atoms. The number of carbonyl (C=O) groups excluding carboxylic acids is 1. The first-order valence-corrected chi connectivity index (χ1v) is 4.59. The Kier molecular flexibility index (Phi) is 2.80. The molecule has 0 atom stereocenters. The lowest BCUT2D eigenvalue weighted by atomic mass is 9.95. The first-order valence-electron chi connectivity index (χ1n) is 4.59. The summed E-state index contributed by atoms with van der Waals surface area (Å²) in [6, 6.07) is 0. The second-order valence-corrected chi connectivity index (χ2v) is 4.12. The van der Waals surface area contributed by atoms with E-state index in [1.54, 1.807) is 25.8 Å². The second kappa shape index (κ2) is 3.57. The fraction of sp³-hybridized carbons (Fsp3) is 0.778.